The smallest absolute Gasteiger partial charge is 0.337 e. The summed E-state index contributed by atoms with van der Waals surface area (Å²) in [6, 6.07) is 12.8. The second kappa shape index (κ2) is 8.64. The van der Waals surface area contributed by atoms with E-state index in [2.05, 4.69) is 11.3 Å². The Balaban J connectivity index is 2.26. The van der Waals surface area contributed by atoms with Gasteiger partial charge in [0.05, 0.1) is 24.7 Å². The topological polar surface area (TPSA) is 72.9 Å². The zero-order valence-corrected chi connectivity index (χ0v) is 15.5. The van der Waals surface area contributed by atoms with Gasteiger partial charge in [-0.05, 0) is 42.0 Å². The number of nitrogens with zero attached hydrogens (tertiary/aromatic N) is 1. The summed E-state index contributed by atoms with van der Waals surface area (Å²) in [5.41, 5.74) is 1.15. The molecule has 2 rings (SSSR count). The number of sulfonamides is 1. The molecule has 2 aromatic carbocycles. The predicted molar refractivity (Wildman–Crippen MR) is 98.6 cm³/mol. The lowest BCUT2D eigenvalue weighted by molar-refractivity contribution is 0.0600. The van der Waals surface area contributed by atoms with Gasteiger partial charge in [0.15, 0.2) is 0 Å². The minimum absolute atomic E-state index is 0.155. The molecule has 0 fully saturated rings. The van der Waals surface area contributed by atoms with E-state index in [1.807, 2.05) is 0 Å². The van der Waals surface area contributed by atoms with Crippen molar-refractivity contribution in [3.63, 3.8) is 0 Å². The zero-order chi connectivity index (χ0) is 19.2. The number of carbonyl (C=O) groups excluding carboxylic acids is 1. The highest BCUT2D eigenvalue weighted by Gasteiger charge is 2.23. The highest BCUT2D eigenvalue weighted by molar-refractivity contribution is 7.89. The molecule has 0 heterocycles. The van der Waals surface area contributed by atoms with Gasteiger partial charge >= 0.3 is 5.97 Å². The number of ether oxygens (including phenoxy) is 2. The molecule has 0 spiro atoms. The van der Waals surface area contributed by atoms with Crippen molar-refractivity contribution in [2.24, 2.45) is 0 Å². The maximum Gasteiger partial charge on any atom is 0.337 e. The summed E-state index contributed by atoms with van der Waals surface area (Å²) in [5, 5.41) is 0. The van der Waals surface area contributed by atoms with Gasteiger partial charge in [-0.3, -0.25) is 0 Å². The number of rotatable bonds is 8. The molecule has 0 aliphatic rings. The third-order valence-electron chi connectivity index (χ3n) is 3.76. The van der Waals surface area contributed by atoms with Crippen LogP contribution in [0.4, 0.5) is 0 Å². The van der Waals surface area contributed by atoms with E-state index in [0.29, 0.717) is 11.3 Å². The van der Waals surface area contributed by atoms with Crippen molar-refractivity contribution in [3.05, 3.63) is 72.3 Å². The number of hydrogen-bond donors (Lipinski definition) is 0. The van der Waals surface area contributed by atoms with Crippen molar-refractivity contribution >= 4 is 16.0 Å². The Bertz CT molecular complexity index is 858. The lowest BCUT2D eigenvalue weighted by Gasteiger charge is -2.21. The number of methoxy groups -OCH3 is 2. The Morgan fingerprint density at radius 1 is 1.08 bits per heavy atom. The third kappa shape index (κ3) is 4.50. The molecule has 138 valence electrons. The first-order valence-corrected chi connectivity index (χ1v) is 9.28. The van der Waals surface area contributed by atoms with Crippen LogP contribution in [-0.4, -0.2) is 39.5 Å². The van der Waals surface area contributed by atoms with Crippen LogP contribution >= 0.6 is 0 Å². The molecule has 0 aromatic heterocycles. The third-order valence-corrected chi connectivity index (χ3v) is 5.59. The molecule has 0 aliphatic heterocycles. The molecule has 0 saturated carbocycles. The zero-order valence-electron chi connectivity index (χ0n) is 14.7. The largest absolute Gasteiger partial charge is 0.497 e. The van der Waals surface area contributed by atoms with Crippen LogP contribution in [0.25, 0.3) is 0 Å². The average Bonchev–Trinajstić information content (AvgIpc) is 2.67. The van der Waals surface area contributed by atoms with Crippen LogP contribution in [0.3, 0.4) is 0 Å². The SMILES string of the molecule is C=CCN(Cc1ccc(C(=O)OC)cc1)S(=O)(=O)c1ccc(OC)cc1. The molecule has 6 nitrogen and oxygen atoms in total. The highest BCUT2D eigenvalue weighted by atomic mass is 32.2. The van der Waals surface area contributed by atoms with E-state index < -0.39 is 16.0 Å². The lowest BCUT2D eigenvalue weighted by atomic mass is 10.1. The number of esters is 1. The summed E-state index contributed by atoms with van der Waals surface area (Å²) in [6.07, 6.45) is 1.53. The summed E-state index contributed by atoms with van der Waals surface area (Å²) < 4.78 is 36.9. The molecule has 2 aromatic rings. The van der Waals surface area contributed by atoms with Crippen LogP contribution in [0, 0.1) is 0 Å². The van der Waals surface area contributed by atoms with Crippen molar-refractivity contribution < 1.29 is 22.7 Å². The Hall–Kier alpha value is -2.64. The standard InChI is InChI=1S/C19H21NO5S/c1-4-13-20(14-15-5-7-16(8-6-15)19(21)25-3)26(22,23)18-11-9-17(24-2)10-12-18/h4-12H,1,13-14H2,2-3H3. The van der Waals surface area contributed by atoms with Gasteiger partial charge in [0, 0.05) is 13.1 Å². The fourth-order valence-corrected chi connectivity index (χ4v) is 3.75. The first kappa shape index (κ1) is 19.7. The van der Waals surface area contributed by atoms with E-state index >= 15 is 0 Å². The summed E-state index contributed by atoms with van der Waals surface area (Å²) in [5.74, 6) is 0.142. The van der Waals surface area contributed by atoms with Gasteiger partial charge in [0.2, 0.25) is 10.0 Å². The first-order chi connectivity index (χ1) is 12.4. The quantitative estimate of drug-likeness (QED) is 0.524. The molecule has 26 heavy (non-hydrogen) atoms. The molecule has 0 saturated heterocycles. The Kier molecular flexibility index (Phi) is 6.54. The fraction of sp³-hybridized carbons (Fsp3) is 0.211. The minimum Gasteiger partial charge on any atom is -0.497 e. The fourth-order valence-electron chi connectivity index (χ4n) is 2.36. The van der Waals surface area contributed by atoms with Crippen LogP contribution in [-0.2, 0) is 21.3 Å². The number of carbonyl (C=O) groups is 1. The summed E-state index contributed by atoms with van der Waals surface area (Å²) in [6.45, 7) is 3.95. The van der Waals surface area contributed by atoms with Crippen molar-refractivity contribution in [2.75, 3.05) is 20.8 Å². The van der Waals surface area contributed by atoms with E-state index in [9.17, 15) is 13.2 Å². The number of hydrogen-bond acceptors (Lipinski definition) is 5. The maximum atomic E-state index is 12.9. The molecule has 0 bridgehead atoms. The van der Waals surface area contributed by atoms with Crippen LogP contribution in [0.15, 0.2) is 66.1 Å². The van der Waals surface area contributed by atoms with Crippen LogP contribution in [0.5, 0.6) is 5.75 Å². The van der Waals surface area contributed by atoms with Gasteiger partial charge in [-0.1, -0.05) is 18.2 Å². The van der Waals surface area contributed by atoms with Gasteiger partial charge in [-0.25, -0.2) is 13.2 Å². The van der Waals surface area contributed by atoms with Gasteiger partial charge in [0.1, 0.15) is 5.75 Å². The Labute approximate surface area is 153 Å². The van der Waals surface area contributed by atoms with E-state index in [-0.39, 0.29) is 18.0 Å². The van der Waals surface area contributed by atoms with Crippen LogP contribution < -0.4 is 4.74 Å². The highest BCUT2D eigenvalue weighted by Crippen LogP contribution is 2.21. The molecule has 0 atom stereocenters. The molecular formula is C19H21NO5S. The predicted octanol–water partition coefficient (Wildman–Crippen LogP) is 2.86. The molecule has 0 N–H and O–H groups in total. The Morgan fingerprint density at radius 3 is 2.19 bits per heavy atom. The summed E-state index contributed by atoms with van der Waals surface area (Å²) in [7, 11) is -0.874. The van der Waals surface area contributed by atoms with Crippen LogP contribution in [0.1, 0.15) is 15.9 Å². The van der Waals surface area contributed by atoms with Crippen molar-refractivity contribution in [2.45, 2.75) is 11.4 Å². The molecule has 0 aliphatic carbocycles. The Morgan fingerprint density at radius 2 is 1.69 bits per heavy atom. The van der Waals surface area contributed by atoms with E-state index in [4.69, 9.17) is 4.74 Å². The van der Waals surface area contributed by atoms with E-state index in [1.165, 1.54) is 36.7 Å². The van der Waals surface area contributed by atoms with E-state index in [0.717, 1.165) is 5.56 Å². The second-order valence-corrected chi connectivity index (χ2v) is 7.39. The van der Waals surface area contributed by atoms with Gasteiger partial charge in [0.25, 0.3) is 0 Å². The summed E-state index contributed by atoms with van der Waals surface area (Å²) >= 11 is 0. The second-order valence-electron chi connectivity index (χ2n) is 5.45. The molecule has 0 unspecified atom stereocenters. The number of benzene rings is 2. The average molecular weight is 375 g/mol. The molecule has 0 amide bonds. The lowest BCUT2D eigenvalue weighted by Crippen LogP contribution is -2.30. The maximum absolute atomic E-state index is 12.9. The molecule has 7 heteroatoms. The van der Waals surface area contributed by atoms with Crippen LogP contribution in [0.2, 0.25) is 0 Å². The van der Waals surface area contributed by atoms with Crippen molar-refractivity contribution in [1.82, 2.24) is 4.31 Å². The van der Waals surface area contributed by atoms with Crippen molar-refractivity contribution in [1.29, 1.82) is 0 Å². The monoisotopic (exact) mass is 375 g/mol. The normalized spacial score (nSPS) is 11.2. The van der Waals surface area contributed by atoms with Gasteiger partial charge < -0.3 is 9.47 Å². The van der Waals surface area contributed by atoms with E-state index in [1.54, 1.807) is 36.4 Å². The van der Waals surface area contributed by atoms with Gasteiger partial charge in [-0.15, -0.1) is 6.58 Å². The summed E-state index contributed by atoms with van der Waals surface area (Å²) in [4.78, 5) is 11.7. The van der Waals surface area contributed by atoms with Gasteiger partial charge in [-0.2, -0.15) is 4.31 Å². The molecule has 0 radical (unpaired) electrons. The molecular weight excluding hydrogens is 354 g/mol. The van der Waals surface area contributed by atoms with Crippen molar-refractivity contribution in [3.8, 4) is 5.75 Å². The first-order valence-electron chi connectivity index (χ1n) is 7.84. The minimum atomic E-state index is -3.70.